The molecule has 0 bridgehead atoms. The molecular formula is C32H28N8O10S2. The highest BCUT2D eigenvalue weighted by atomic mass is 32.2. The molecule has 0 aliphatic heterocycles. The summed E-state index contributed by atoms with van der Waals surface area (Å²) in [5, 5.41) is 0. The molecule has 0 radical (unpaired) electrons. The molecule has 2 N–H and O–H groups in total. The average molecular weight is 749 g/mol. The van der Waals surface area contributed by atoms with Gasteiger partial charge >= 0.3 is 0 Å². The number of carbonyl (C=O) groups excluding carboxylic acids is 4. The highest BCUT2D eigenvalue weighted by Crippen LogP contribution is 2.29. The van der Waals surface area contributed by atoms with Gasteiger partial charge in [-0.3, -0.25) is 28.3 Å². The maximum Gasteiger partial charge on any atom is 0.295 e. The van der Waals surface area contributed by atoms with Gasteiger partial charge in [0.2, 0.25) is 35.1 Å². The number of Topliss-reactive ketones (excluding diaryl/α,β-unsaturated/α-hetero) is 2. The molecule has 4 rings (SSSR count). The summed E-state index contributed by atoms with van der Waals surface area (Å²) in [6.45, 7) is 6.52. The van der Waals surface area contributed by atoms with Gasteiger partial charge in [-0.1, -0.05) is 49.6 Å². The summed E-state index contributed by atoms with van der Waals surface area (Å²) < 4.78 is 70.2. The van der Waals surface area contributed by atoms with Crippen molar-refractivity contribution >= 4 is 67.4 Å². The molecule has 18 nitrogen and oxygen atoms in total. The third-order valence-electron chi connectivity index (χ3n) is 6.81. The van der Waals surface area contributed by atoms with Crippen molar-refractivity contribution in [1.82, 2.24) is 29.9 Å². The lowest BCUT2D eigenvalue weighted by molar-refractivity contribution is -0.111. The van der Waals surface area contributed by atoms with Gasteiger partial charge in [-0.05, 0) is 35.4 Å². The van der Waals surface area contributed by atoms with Crippen LogP contribution >= 0.6 is 0 Å². The molecule has 4 aromatic rings. The first-order chi connectivity index (χ1) is 24.2. The summed E-state index contributed by atoms with van der Waals surface area (Å²) >= 11 is 0. The van der Waals surface area contributed by atoms with E-state index in [0.717, 1.165) is 36.4 Å². The summed E-state index contributed by atoms with van der Waals surface area (Å²) in [5.41, 5.74) is -0.333. The maximum absolute atomic E-state index is 12.5. The smallest absolute Gasteiger partial charge is 0.295 e. The molecule has 0 spiro atoms. The van der Waals surface area contributed by atoms with E-state index < -0.39 is 64.8 Å². The van der Waals surface area contributed by atoms with Crippen molar-refractivity contribution in [3.8, 4) is 22.8 Å². The molecule has 0 aliphatic carbocycles. The fourth-order valence-corrected chi connectivity index (χ4v) is 5.66. The average Bonchev–Trinajstić information content (AvgIpc) is 3.11. The minimum absolute atomic E-state index is 0.0135. The third-order valence-corrected chi connectivity index (χ3v) is 8.63. The molecule has 0 atom stereocenters. The largest absolute Gasteiger partial charge is 0.347 e. The van der Waals surface area contributed by atoms with Crippen molar-refractivity contribution in [2.75, 3.05) is 38.0 Å². The fourth-order valence-electron chi connectivity index (χ4n) is 4.25. The van der Waals surface area contributed by atoms with Crippen LogP contribution in [0, 0.1) is 0 Å². The second kappa shape index (κ2) is 14.9. The first-order valence-electron chi connectivity index (χ1n) is 14.5. The van der Waals surface area contributed by atoms with E-state index in [1.807, 2.05) is 0 Å². The quantitative estimate of drug-likeness (QED) is 0.0614. The van der Waals surface area contributed by atoms with Crippen LogP contribution in [-0.4, -0.2) is 107 Å². The number of ketones is 4. The van der Waals surface area contributed by atoms with Crippen LogP contribution in [0.1, 0.15) is 32.4 Å². The predicted molar refractivity (Wildman–Crippen MR) is 187 cm³/mol. The minimum atomic E-state index is -4.97. The second-order valence-corrected chi connectivity index (χ2v) is 13.7. The highest BCUT2D eigenvalue weighted by molar-refractivity contribution is 7.86. The number of rotatable bonds is 14. The van der Waals surface area contributed by atoms with Crippen LogP contribution < -0.4 is 9.80 Å². The Morgan fingerprint density at radius 2 is 0.942 bits per heavy atom. The van der Waals surface area contributed by atoms with E-state index in [2.05, 4.69) is 43.1 Å². The topological polar surface area (TPSA) is 261 Å². The lowest BCUT2D eigenvalue weighted by Gasteiger charge is -2.13. The van der Waals surface area contributed by atoms with Crippen molar-refractivity contribution in [1.29, 1.82) is 0 Å². The van der Waals surface area contributed by atoms with Gasteiger partial charge < -0.3 is 9.80 Å². The third kappa shape index (κ3) is 8.55. The molecule has 2 aromatic heterocycles. The zero-order valence-corrected chi connectivity index (χ0v) is 29.4. The Hall–Kier alpha value is -6.22. The van der Waals surface area contributed by atoms with Gasteiger partial charge in [0.15, 0.2) is 11.6 Å². The molecule has 268 valence electrons. The van der Waals surface area contributed by atoms with Gasteiger partial charge in [0, 0.05) is 39.3 Å². The van der Waals surface area contributed by atoms with Crippen molar-refractivity contribution in [3.63, 3.8) is 0 Å². The molecule has 0 saturated carbocycles. The molecule has 52 heavy (non-hydrogen) atoms. The maximum atomic E-state index is 12.5. The minimum Gasteiger partial charge on any atom is -0.347 e. The van der Waals surface area contributed by atoms with Crippen molar-refractivity contribution in [3.05, 3.63) is 84.5 Å². The second-order valence-electron chi connectivity index (χ2n) is 10.9. The van der Waals surface area contributed by atoms with E-state index in [1.165, 1.54) is 34.1 Å². The Morgan fingerprint density at radius 3 is 1.23 bits per heavy atom. The van der Waals surface area contributed by atoms with Crippen LogP contribution in [0.25, 0.3) is 34.9 Å². The van der Waals surface area contributed by atoms with E-state index in [0.29, 0.717) is 0 Å². The Morgan fingerprint density at radius 1 is 0.596 bits per heavy atom. The lowest BCUT2D eigenvalue weighted by atomic mass is 10.1. The number of hydrogen-bond acceptors (Lipinski definition) is 16. The number of hydrogen-bond donors (Lipinski definition) is 2. The van der Waals surface area contributed by atoms with Gasteiger partial charge in [0.05, 0.1) is 0 Å². The van der Waals surface area contributed by atoms with Crippen LogP contribution in [0.4, 0.5) is 11.9 Å². The summed E-state index contributed by atoms with van der Waals surface area (Å²) in [7, 11) is -3.76. The molecule has 20 heteroatoms. The Bertz CT molecular complexity index is 2280. The summed E-state index contributed by atoms with van der Waals surface area (Å²) in [4.78, 5) is 74.7. The SMILES string of the molecule is C=CC(=O)C(=O)c1nc(-c2ccc(/C=C/c3ccc(-c4nc(C(=O)C(=O)C=C)nc(N(C)C)n4)cc3S(=O)(=O)O)c(S(=O)(=O)O)c2)nc(N(C)C)n1. The first kappa shape index (κ1) is 38.6. The number of carbonyl (C=O) groups is 4. The Balaban J connectivity index is 1.84. The standard InChI is InChI=1S/C32H28N8O10S2/c1-7-21(41)25(43)29-33-27(35-31(37-29)39(3)4)19-13-11-17(23(15-19)51(45,46)47)9-10-18-12-14-20(16-24(18)52(48,49)50)28-34-30(26(44)22(42)8-2)38-32(36-28)40(5)6/h7-16H,1-2H2,3-6H3,(H,45,46,47)(H,48,49,50)/b10-9+. The number of aromatic nitrogens is 6. The molecule has 0 saturated heterocycles. The fraction of sp³-hybridized carbons (Fsp3) is 0.125. The lowest BCUT2D eigenvalue weighted by Crippen LogP contribution is -2.20. The highest BCUT2D eigenvalue weighted by Gasteiger charge is 2.24. The predicted octanol–water partition coefficient (Wildman–Crippen LogP) is 2.06. The number of benzene rings is 2. The van der Waals surface area contributed by atoms with Gasteiger partial charge in [0.1, 0.15) is 9.79 Å². The normalized spacial score (nSPS) is 11.6. The van der Waals surface area contributed by atoms with Gasteiger partial charge in [-0.15, -0.1) is 0 Å². The monoisotopic (exact) mass is 748 g/mol. The van der Waals surface area contributed by atoms with Gasteiger partial charge in [-0.25, -0.2) is 9.97 Å². The van der Waals surface area contributed by atoms with Crippen molar-refractivity contribution in [2.45, 2.75) is 9.79 Å². The van der Waals surface area contributed by atoms with Crippen LogP contribution in [0.3, 0.4) is 0 Å². The molecule has 0 amide bonds. The van der Waals surface area contributed by atoms with E-state index in [9.17, 15) is 45.1 Å². The van der Waals surface area contributed by atoms with Crippen LogP contribution in [0.15, 0.2) is 71.5 Å². The Kier molecular flexibility index (Phi) is 11.1. The van der Waals surface area contributed by atoms with E-state index >= 15 is 0 Å². The number of allylic oxidation sites excluding steroid dienone is 2. The van der Waals surface area contributed by atoms with E-state index in [-0.39, 0.29) is 45.8 Å². The molecule has 2 heterocycles. The number of anilines is 2. The molecule has 0 unspecified atom stereocenters. The van der Waals surface area contributed by atoms with Gasteiger partial charge in [-0.2, -0.15) is 36.8 Å². The molecular weight excluding hydrogens is 721 g/mol. The van der Waals surface area contributed by atoms with Crippen molar-refractivity contribution in [2.24, 2.45) is 0 Å². The first-order valence-corrected chi connectivity index (χ1v) is 17.3. The zero-order chi connectivity index (χ0) is 38.7. The van der Waals surface area contributed by atoms with Crippen molar-refractivity contribution < 1.29 is 45.1 Å². The molecule has 0 fully saturated rings. The summed E-state index contributed by atoms with van der Waals surface area (Å²) in [5.74, 6) is -5.81. The summed E-state index contributed by atoms with van der Waals surface area (Å²) in [6, 6.07) is 7.08. The Labute approximate surface area is 296 Å². The van der Waals surface area contributed by atoms with E-state index in [1.54, 1.807) is 28.2 Å². The van der Waals surface area contributed by atoms with Gasteiger partial charge in [0.25, 0.3) is 31.8 Å². The van der Waals surface area contributed by atoms with Crippen LogP contribution in [0.2, 0.25) is 0 Å². The molecule has 2 aromatic carbocycles. The molecule has 0 aliphatic rings. The number of nitrogens with zero attached hydrogens (tertiary/aromatic N) is 8. The van der Waals surface area contributed by atoms with Crippen LogP contribution in [0.5, 0.6) is 0 Å². The van der Waals surface area contributed by atoms with E-state index in [4.69, 9.17) is 0 Å². The zero-order valence-electron chi connectivity index (χ0n) is 27.7. The summed E-state index contributed by atoms with van der Waals surface area (Å²) in [6.07, 6.45) is 3.83. The van der Waals surface area contributed by atoms with Crippen LogP contribution in [-0.2, 0) is 29.8 Å².